The van der Waals surface area contributed by atoms with Gasteiger partial charge in [0.15, 0.2) is 9.84 Å². The van der Waals surface area contributed by atoms with E-state index in [2.05, 4.69) is 5.32 Å². The van der Waals surface area contributed by atoms with Crippen LogP contribution in [0.15, 0.2) is 0 Å². The highest BCUT2D eigenvalue weighted by Gasteiger charge is 2.42. The maximum absolute atomic E-state index is 12.7. The molecule has 0 unspecified atom stereocenters. The minimum absolute atomic E-state index is 0.178. The molecule has 3 nitrogen and oxygen atoms in total. The van der Waals surface area contributed by atoms with Crippen LogP contribution < -0.4 is 5.32 Å². The second kappa shape index (κ2) is 5.91. The van der Waals surface area contributed by atoms with E-state index < -0.39 is 14.6 Å². The highest BCUT2D eigenvalue weighted by atomic mass is 32.2. The average Bonchev–Trinajstić information content (AvgIpc) is 2.38. The first-order chi connectivity index (χ1) is 8.35. The Morgan fingerprint density at radius 2 is 1.61 bits per heavy atom. The van der Waals surface area contributed by atoms with Gasteiger partial charge in [-0.2, -0.15) is 0 Å². The molecule has 0 aromatic heterocycles. The Morgan fingerprint density at radius 1 is 1.11 bits per heavy atom. The molecule has 1 N–H and O–H groups in total. The quantitative estimate of drug-likeness (QED) is 0.811. The van der Waals surface area contributed by atoms with E-state index in [0.29, 0.717) is 18.6 Å². The Bertz CT molecular complexity index is 352. The maximum atomic E-state index is 12.7. The van der Waals surface area contributed by atoms with E-state index in [1.165, 1.54) is 6.42 Å². The largest absolute Gasteiger partial charge is 0.313 e. The van der Waals surface area contributed by atoms with Gasteiger partial charge in [-0.1, -0.05) is 33.1 Å². The fourth-order valence-corrected chi connectivity index (χ4v) is 5.31. The van der Waals surface area contributed by atoms with Crippen molar-refractivity contribution >= 4 is 9.84 Å². The lowest BCUT2D eigenvalue weighted by molar-refractivity contribution is 0.272. The monoisotopic (exact) mass is 275 g/mol. The smallest absolute Gasteiger partial charge is 0.157 e. The Morgan fingerprint density at radius 3 is 2.00 bits per heavy atom. The summed E-state index contributed by atoms with van der Waals surface area (Å²) in [5, 5.41) is 3.31. The molecule has 0 heterocycles. The van der Waals surface area contributed by atoms with Gasteiger partial charge in [-0.25, -0.2) is 8.42 Å². The number of hydrogen-bond donors (Lipinski definition) is 1. The molecule has 0 spiro atoms. The Balaban J connectivity index is 2.93. The summed E-state index contributed by atoms with van der Waals surface area (Å²) in [5.41, 5.74) is -0.178. The molecule has 1 aliphatic rings. The average molecular weight is 275 g/mol. The van der Waals surface area contributed by atoms with Crippen LogP contribution in [0.3, 0.4) is 0 Å². The summed E-state index contributed by atoms with van der Waals surface area (Å²) < 4.78 is 24.9. The standard InChI is InChI=1S/C14H29NO2S/c1-5-13(3,6-2)18(16,17)12-14(15-4)10-8-7-9-11-14/h15H,5-12H2,1-4H3. The van der Waals surface area contributed by atoms with Crippen LogP contribution in [0.4, 0.5) is 0 Å². The summed E-state index contributed by atoms with van der Waals surface area (Å²) in [4.78, 5) is 0. The van der Waals surface area contributed by atoms with E-state index in [1.807, 2.05) is 27.8 Å². The van der Waals surface area contributed by atoms with Crippen LogP contribution in [0.1, 0.15) is 65.7 Å². The maximum Gasteiger partial charge on any atom is 0.157 e. The van der Waals surface area contributed by atoms with E-state index in [4.69, 9.17) is 0 Å². The molecule has 0 radical (unpaired) electrons. The van der Waals surface area contributed by atoms with Gasteiger partial charge in [0, 0.05) is 5.54 Å². The summed E-state index contributed by atoms with van der Waals surface area (Å²) >= 11 is 0. The second-order valence-corrected chi connectivity index (χ2v) is 8.51. The second-order valence-electron chi connectivity index (χ2n) is 6.01. The van der Waals surface area contributed by atoms with Gasteiger partial charge in [-0.05, 0) is 39.7 Å². The highest BCUT2D eigenvalue weighted by Crippen LogP contribution is 2.34. The zero-order valence-corrected chi connectivity index (χ0v) is 13.2. The molecule has 1 saturated carbocycles. The normalized spacial score (nSPS) is 20.9. The van der Waals surface area contributed by atoms with Crippen molar-refractivity contribution in [3.05, 3.63) is 0 Å². The summed E-state index contributed by atoms with van der Waals surface area (Å²) in [6, 6.07) is 0. The van der Waals surface area contributed by atoms with Crippen LogP contribution in [-0.2, 0) is 9.84 Å². The van der Waals surface area contributed by atoms with Gasteiger partial charge in [-0.3, -0.25) is 0 Å². The van der Waals surface area contributed by atoms with E-state index >= 15 is 0 Å². The van der Waals surface area contributed by atoms with Gasteiger partial charge in [-0.15, -0.1) is 0 Å². The first-order valence-electron chi connectivity index (χ1n) is 7.26. The zero-order chi connectivity index (χ0) is 13.9. The van der Waals surface area contributed by atoms with Gasteiger partial charge in [0.05, 0.1) is 10.5 Å². The van der Waals surface area contributed by atoms with Gasteiger partial charge >= 0.3 is 0 Å². The van der Waals surface area contributed by atoms with Gasteiger partial charge in [0.1, 0.15) is 0 Å². The van der Waals surface area contributed by atoms with E-state index in [9.17, 15) is 8.42 Å². The van der Waals surface area contributed by atoms with Gasteiger partial charge < -0.3 is 5.32 Å². The van der Waals surface area contributed by atoms with Crippen molar-refractivity contribution < 1.29 is 8.42 Å². The number of nitrogens with one attached hydrogen (secondary N) is 1. The van der Waals surface area contributed by atoms with Crippen molar-refractivity contribution in [3.63, 3.8) is 0 Å². The molecule has 108 valence electrons. The Hall–Kier alpha value is -0.0900. The molecule has 0 bridgehead atoms. The molecule has 0 atom stereocenters. The van der Waals surface area contributed by atoms with E-state index in [-0.39, 0.29) is 5.54 Å². The fraction of sp³-hybridized carbons (Fsp3) is 1.00. The van der Waals surface area contributed by atoms with Crippen LogP contribution in [0, 0.1) is 0 Å². The molecule has 0 amide bonds. The van der Waals surface area contributed by atoms with Crippen LogP contribution in [0.2, 0.25) is 0 Å². The molecule has 1 aliphatic carbocycles. The predicted octanol–water partition coefficient (Wildman–Crippen LogP) is 2.90. The van der Waals surface area contributed by atoms with Gasteiger partial charge in [0.25, 0.3) is 0 Å². The van der Waals surface area contributed by atoms with Crippen LogP contribution in [-0.4, -0.2) is 31.5 Å². The molecule has 0 aromatic rings. The number of hydrogen-bond acceptors (Lipinski definition) is 3. The summed E-state index contributed by atoms with van der Waals surface area (Å²) in [7, 11) is -1.14. The molecular formula is C14H29NO2S. The topological polar surface area (TPSA) is 46.2 Å². The van der Waals surface area contributed by atoms with Crippen molar-refractivity contribution in [2.75, 3.05) is 12.8 Å². The molecule has 1 fully saturated rings. The summed E-state index contributed by atoms with van der Waals surface area (Å²) in [6.07, 6.45) is 6.91. The van der Waals surface area contributed by atoms with E-state index in [0.717, 1.165) is 25.7 Å². The van der Waals surface area contributed by atoms with Gasteiger partial charge in [0.2, 0.25) is 0 Å². The number of rotatable bonds is 6. The Kier molecular flexibility index (Phi) is 5.24. The lowest BCUT2D eigenvalue weighted by Crippen LogP contribution is -2.53. The third-order valence-corrected chi connectivity index (χ3v) is 8.07. The minimum atomic E-state index is -3.05. The number of sulfone groups is 1. The summed E-state index contributed by atoms with van der Waals surface area (Å²) in [6.45, 7) is 5.86. The fourth-order valence-electron chi connectivity index (χ4n) is 2.92. The molecule has 0 saturated heterocycles. The molecule has 1 rings (SSSR count). The molecule has 18 heavy (non-hydrogen) atoms. The van der Waals surface area contributed by atoms with E-state index in [1.54, 1.807) is 0 Å². The van der Waals surface area contributed by atoms with Crippen LogP contribution >= 0.6 is 0 Å². The van der Waals surface area contributed by atoms with Crippen molar-refractivity contribution in [3.8, 4) is 0 Å². The minimum Gasteiger partial charge on any atom is -0.313 e. The molecule has 0 aromatic carbocycles. The van der Waals surface area contributed by atoms with Crippen molar-refractivity contribution in [1.82, 2.24) is 5.32 Å². The molecule has 4 heteroatoms. The first-order valence-corrected chi connectivity index (χ1v) is 8.91. The lowest BCUT2D eigenvalue weighted by Gasteiger charge is -2.39. The molecular weight excluding hydrogens is 246 g/mol. The highest BCUT2D eigenvalue weighted by molar-refractivity contribution is 7.92. The Labute approximate surface area is 113 Å². The summed E-state index contributed by atoms with van der Waals surface area (Å²) in [5.74, 6) is 0.300. The zero-order valence-electron chi connectivity index (χ0n) is 12.4. The lowest BCUT2D eigenvalue weighted by atomic mass is 9.83. The first kappa shape index (κ1) is 16.0. The van der Waals surface area contributed by atoms with Crippen molar-refractivity contribution in [2.45, 2.75) is 76.0 Å². The molecule has 0 aliphatic heterocycles. The van der Waals surface area contributed by atoms with Crippen molar-refractivity contribution in [2.24, 2.45) is 0 Å². The van der Waals surface area contributed by atoms with Crippen LogP contribution in [0.5, 0.6) is 0 Å². The third kappa shape index (κ3) is 3.08. The van der Waals surface area contributed by atoms with Crippen LogP contribution in [0.25, 0.3) is 0 Å². The SMILES string of the molecule is CCC(C)(CC)S(=O)(=O)CC1(NC)CCCCC1. The predicted molar refractivity (Wildman–Crippen MR) is 77.6 cm³/mol. The third-order valence-electron chi connectivity index (χ3n) is 5.05. The van der Waals surface area contributed by atoms with Crippen molar-refractivity contribution in [1.29, 1.82) is 0 Å².